The quantitative estimate of drug-likeness (QED) is 0.685. The normalized spacial score (nSPS) is 11.2. The van der Waals surface area contributed by atoms with E-state index in [2.05, 4.69) is 50.4 Å². The van der Waals surface area contributed by atoms with Crippen molar-refractivity contribution >= 4 is 60.2 Å². The van der Waals surface area contributed by atoms with E-state index in [1.165, 1.54) is 4.88 Å². The number of thiazole rings is 1. The number of aromatic nitrogens is 1. The van der Waals surface area contributed by atoms with E-state index in [0.29, 0.717) is 0 Å². The van der Waals surface area contributed by atoms with Crippen LogP contribution < -0.4 is 10.6 Å². The Kier molecular flexibility index (Phi) is 3.70. The van der Waals surface area contributed by atoms with Crippen molar-refractivity contribution in [3.63, 3.8) is 0 Å². The molecule has 0 aliphatic rings. The molecule has 3 aromatic rings. The average Bonchev–Trinajstić information content (AvgIpc) is 2.93. The topological polar surface area (TPSA) is 42.2 Å². The summed E-state index contributed by atoms with van der Waals surface area (Å²) in [5.41, 5.74) is 9.05. The highest BCUT2D eigenvalue weighted by molar-refractivity contribution is 9.10. The SMILES string of the molecule is Cc1nc2cc(N(C)Cc3cc(Br)cs3)c(N)cc2s1. The lowest BCUT2D eigenvalue weighted by molar-refractivity contribution is 0.943. The number of nitrogen functional groups attached to an aromatic ring is 1. The van der Waals surface area contributed by atoms with Crippen LogP contribution in [0.15, 0.2) is 28.1 Å². The molecule has 0 aliphatic carbocycles. The Hall–Kier alpha value is -1.11. The summed E-state index contributed by atoms with van der Waals surface area (Å²) in [7, 11) is 2.06. The van der Waals surface area contributed by atoms with Crippen LogP contribution in [0.5, 0.6) is 0 Å². The molecule has 0 bridgehead atoms. The number of hydrogen-bond donors (Lipinski definition) is 1. The number of anilines is 2. The standard InChI is InChI=1S/C14H14BrN3S2/c1-8-17-12-5-13(11(16)4-14(12)20-8)18(2)6-10-3-9(15)7-19-10/h3-5,7H,6,16H2,1-2H3. The zero-order valence-electron chi connectivity index (χ0n) is 11.2. The first-order valence-electron chi connectivity index (χ1n) is 6.13. The molecule has 0 atom stereocenters. The van der Waals surface area contributed by atoms with Gasteiger partial charge >= 0.3 is 0 Å². The number of halogens is 1. The zero-order chi connectivity index (χ0) is 14.3. The summed E-state index contributed by atoms with van der Waals surface area (Å²) in [6.45, 7) is 2.86. The van der Waals surface area contributed by atoms with Gasteiger partial charge in [-0.15, -0.1) is 22.7 Å². The van der Waals surface area contributed by atoms with E-state index < -0.39 is 0 Å². The predicted octanol–water partition coefficient (Wildman–Crippen LogP) is 4.65. The molecule has 0 saturated heterocycles. The molecule has 0 saturated carbocycles. The lowest BCUT2D eigenvalue weighted by Crippen LogP contribution is -2.17. The lowest BCUT2D eigenvalue weighted by Gasteiger charge is -2.20. The Balaban J connectivity index is 1.93. The first-order chi connectivity index (χ1) is 9.52. The molecule has 0 unspecified atom stereocenters. The van der Waals surface area contributed by atoms with Gasteiger partial charge in [-0.05, 0) is 41.1 Å². The van der Waals surface area contributed by atoms with Gasteiger partial charge in [0.25, 0.3) is 0 Å². The number of fused-ring (bicyclic) bond motifs is 1. The molecule has 0 aliphatic heterocycles. The molecule has 3 rings (SSSR count). The molecule has 6 heteroatoms. The number of nitrogens with zero attached hydrogens (tertiary/aromatic N) is 2. The van der Waals surface area contributed by atoms with Crippen molar-refractivity contribution in [2.75, 3.05) is 17.7 Å². The van der Waals surface area contributed by atoms with Crippen LogP contribution in [-0.2, 0) is 6.54 Å². The Labute approximate surface area is 134 Å². The molecule has 0 amide bonds. The van der Waals surface area contributed by atoms with Crippen LogP contribution in [-0.4, -0.2) is 12.0 Å². The third kappa shape index (κ3) is 2.68. The molecule has 2 heterocycles. The molecular formula is C14H14BrN3S2. The first-order valence-corrected chi connectivity index (χ1v) is 8.62. The fraction of sp³-hybridized carbons (Fsp3) is 0.214. The molecule has 2 N–H and O–H groups in total. The van der Waals surface area contributed by atoms with Gasteiger partial charge in [-0.1, -0.05) is 0 Å². The Morgan fingerprint density at radius 1 is 1.35 bits per heavy atom. The molecular weight excluding hydrogens is 354 g/mol. The number of aryl methyl sites for hydroxylation is 1. The van der Waals surface area contributed by atoms with Gasteiger partial charge in [0, 0.05) is 21.8 Å². The largest absolute Gasteiger partial charge is 0.397 e. The second-order valence-corrected chi connectivity index (χ2v) is 7.85. The molecule has 0 radical (unpaired) electrons. The van der Waals surface area contributed by atoms with Crippen LogP contribution in [0, 0.1) is 6.92 Å². The second-order valence-electron chi connectivity index (χ2n) is 4.70. The van der Waals surface area contributed by atoms with E-state index in [1.54, 1.807) is 22.7 Å². The maximum Gasteiger partial charge on any atom is 0.0907 e. The van der Waals surface area contributed by atoms with Crippen molar-refractivity contribution in [1.82, 2.24) is 4.98 Å². The summed E-state index contributed by atoms with van der Waals surface area (Å²) in [5, 5.41) is 3.17. The smallest absolute Gasteiger partial charge is 0.0907 e. The Morgan fingerprint density at radius 2 is 2.15 bits per heavy atom. The minimum Gasteiger partial charge on any atom is -0.397 e. The van der Waals surface area contributed by atoms with Gasteiger partial charge in [0.2, 0.25) is 0 Å². The van der Waals surface area contributed by atoms with Crippen molar-refractivity contribution < 1.29 is 0 Å². The number of benzene rings is 1. The third-order valence-electron chi connectivity index (χ3n) is 3.07. The number of nitrogens with two attached hydrogens (primary N) is 1. The Morgan fingerprint density at radius 3 is 2.85 bits per heavy atom. The van der Waals surface area contributed by atoms with E-state index in [-0.39, 0.29) is 0 Å². The van der Waals surface area contributed by atoms with E-state index in [0.717, 1.165) is 37.6 Å². The number of thiophene rings is 1. The van der Waals surface area contributed by atoms with Crippen LogP contribution in [0.1, 0.15) is 9.88 Å². The van der Waals surface area contributed by atoms with Gasteiger partial charge in [-0.3, -0.25) is 0 Å². The maximum absolute atomic E-state index is 6.19. The van der Waals surface area contributed by atoms with Gasteiger partial charge in [0.15, 0.2) is 0 Å². The van der Waals surface area contributed by atoms with Crippen LogP contribution in [0.25, 0.3) is 10.2 Å². The maximum atomic E-state index is 6.19. The van der Waals surface area contributed by atoms with Gasteiger partial charge in [0.05, 0.1) is 33.1 Å². The summed E-state index contributed by atoms with van der Waals surface area (Å²) in [6.07, 6.45) is 0. The first kappa shape index (κ1) is 13.9. The summed E-state index contributed by atoms with van der Waals surface area (Å²) in [5.74, 6) is 0. The molecule has 0 spiro atoms. The predicted molar refractivity (Wildman–Crippen MR) is 92.9 cm³/mol. The van der Waals surface area contributed by atoms with Crippen LogP contribution >= 0.6 is 38.6 Å². The van der Waals surface area contributed by atoms with E-state index in [4.69, 9.17) is 5.73 Å². The fourth-order valence-corrected chi connectivity index (χ4v) is 4.54. The monoisotopic (exact) mass is 367 g/mol. The Bertz CT molecular complexity index is 763. The van der Waals surface area contributed by atoms with Gasteiger partial charge in [0.1, 0.15) is 0 Å². The highest BCUT2D eigenvalue weighted by atomic mass is 79.9. The summed E-state index contributed by atoms with van der Waals surface area (Å²) >= 11 is 6.91. The summed E-state index contributed by atoms with van der Waals surface area (Å²) in [4.78, 5) is 8.01. The lowest BCUT2D eigenvalue weighted by atomic mass is 10.2. The summed E-state index contributed by atoms with van der Waals surface area (Å²) in [6, 6.07) is 6.25. The van der Waals surface area contributed by atoms with Crippen LogP contribution in [0.3, 0.4) is 0 Å². The van der Waals surface area contributed by atoms with Crippen molar-refractivity contribution in [1.29, 1.82) is 0 Å². The molecule has 2 aromatic heterocycles. The van der Waals surface area contributed by atoms with Gasteiger partial charge in [-0.2, -0.15) is 0 Å². The molecule has 20 heavy (non-hydrogen) atoms. The fourth-order valence-electron chi connectivity index (χ4n) is 2.18. The third-order valence-corrected chi connectivity index (χ3v) is 5.69. The second kappa shape index (κ2) is 5.35. The van der Waals surface area contributed by atoms with Crippen molar-refractivity contribution in [3.8, 4) is 0 Å². The zero-order valence-corrected chi connectivity index (χ0v) is 14.4. The minimum atomic E-state index is 0.805. The van der Waals surface area contributed by atoms with Crippen molar-refractivity contribution in [3.05, 3.63) is 37.9 Å². The minimum absolute atomic E-state index is 0.805. The van der Waals surface area contributed by atoms with Gasteiger partial charge in [-0.25, -0.2) is 4.98 Å². The number of rotatable bonds is 3. The van der Waals surface area contributed by atoms with E-state index >= 15 is 0 Å². The molecule has 3 nitrogen and oxygen atoms in total. The van der Waals surface area contributed by atoms with Crippen LogP contribution in [0.2, 0.25) is 0 Å². The van der Waals surface area contributed by atoms with E-state index in [9.17, 15) is 0 Å². The van der Waals surface area contributed by atoms with Crippen LogP contribution in [0.4, 0.5) is 11.4 Å². The molecule has 104 valence electrons. The summed E-state index contributed by atoms with van der Waals surface area (Å²) < 4.78 is 2.28. The molecule has 1 aromatic carbocycles. The number of hydrogen-bond acceptors (Lipinski definition) is 5. The van der Waals surface area contributed by atoms with Gasteiger partial charge < -0.3 is 10.6 Å². The van der Waals surface area contributed by atoms with Crippen molar-refractivity contribution in [2.45, 2.75) is 13.5 Å². The highest BCUT2D eigenvalue weighted by Crippen LogP contribution is 2.32. The highest BCUT2D eigenvalue weighted by Gasteiger charge is 2.11. The van der Waals surface area contributed by atoms with Crippen molar-refractivity contribution in [2.24, 2.45) is 0 Å². The average molecular weight is 368 g/mol. The molecule has 0 fully saturated rings. The van der Waals surface area contributed by atoms with E-state index in [1.807, 2.05) is 13.0 Å².